The Morgan fingerprint density at radius 2 is 1.94 bits per heavy atom. The van der Waals surface area contributed by atoms with Gasteiger partial charge in [-0.15, -0.1) is 0 Å². The molecular weight excluding hydrogens is 224 g/mol. The molecule has 0 fully saturated rings. The third-order valence-electron chi connectivity index (χ3n) is 3.04. The highest BCUT2D eigenvalue weighted by molar-refractivity contribution is 5.79. The molecule has 0 atom stereocenters. The number of aromatic nitrogens is 3. The number of nitrogens with two attached hydrogens (primary N) is 1. The summed E-state index contributed by atoms with van der Waals surface area (Å²) in [5, 5.41) is 4.53. The van der Waals surface area contributed by atoms with Gasteiger partial charge in [0.15, 0.2) is 5.65 Å². The highest BCUT2D eigenvalue weighted by Crippen LogP contribution is 2.26. The van der Waals surface area contributed by atoms with E-state index in [2.05, 4.69) is 22.2 Å². The van der Waals surface area contributed by atoms with Crippen LogP contribution in [-0.4, -0.2) is 14.6 Å². The van der Waals surface area contributed by atoms with Crippen LogP contribution in [-0.2, 0) is 6.54 Å². The maximum atomic E-state index is 5.73. The normalized spacial score (nSPS) is 11.0. The third-order valence-corrected chi connectivity index (χ3v) is 3.04. The standard InChI is InChI=1S/C14H14N4/c1-10-13(11-5-3-2-4-6-11)14-16-8-7-12(9-15)18(14)17-10/h2-8H,9,15H2,1H3. The summed E-state index contributed by atoms with van der Waals surface area (Å²) in [7, 11) is 0. The minimum Gasteiger partial charge on any atom is -0.325 e. The second-order valence-corrected chi connectivity index (χ2v) is 4.20. The number of nitrogens with zero attached hydrogens (tertiary/aromatic N) is 3. The lowest BCUT2D eigenvalue weighted by molar-refractivity contribution is 0.824. The van der Waals surface area contributed by atoms with Gasteiger partial charge in [0.2, 0.25) is 0 Å². The summed E-state index contributed by atoms with van der Waals surface area (Å²) in [6, 6.07) is 12.1. The van der Waals surface area contributed by atoms with Crippen molar-refractivity contribution >= 4 is 5.65 Å². The van der Waals surface area contributed by atoms with Crippen molar-refractivity contribution in [1.29, 1.82) is 0 Å². The average molecular weight is 238 g/mol. The van der Waals surface area contributed by atoms with Crippen LogP contribution < -0.4 is 5.73 Å². The maximum absolute atomic E-state index is 5.73. The average Bonchev–Trinajstić information content (AvgIpc) is 2.75. The van der Waals surface area contributed by atoms with Crippen LogP contribution in [0.5, 0.6) is 0 Å². The minimum atomic E-state index is 0.453. The van der Waals surface area contributed by atoms with Crippen LogP contribution in [0.1, 0.15) is 11.4 Å². The summed E-state index contributed by atoms with van der Waals surface area (Å²) in [5.41, 5.74) is 10.7. The van der Waals surface area contributed by atoms with Gasteiger partial charge in [0, 0.05) is 18.3 Å². The van der Waals surface area contributed by atoms with Crippen LogP contribution in [0.15, 0.2) is 42.6 Å². The molecule has 0 spiro atoms. The molecule has 0 unspecified atom stereocenters. The van der Waals surface area contributed by atoms with Gasteiger partial charge in [0.25, 0.3) is 0 Å². The fraction of sp³-hybridized carbons (Fsp3) is 0.143. The molecule has 18 heavy (non-hydrogen) atoms. The topological polar surface area (TPSA) is 56.2 Å². The quantitative estimate of drug-likeness (QED) is 0.744. The fourth-order valence-corrected chi connectivity index (χ4v) is 2.20. The number of hydrogen-bond acceptors (Lipinski definition) is 3. The first-order chi connectivity index (χ1) is 8.81. The molecule has 3 aromatic rings. The second-order valence-electron chi connectivity index (χ2n) is 4.20. The molecule has 2 aromatic heterocycles. The molecule has 2 heterocycles. The molecular formula is C14H14N4. The Bertz CT molecular complexity index is 686. The Balaban J connectivity index is 2.34. The summed E-state index contributed by atoms with van der Waals surface area (Å²) in [6.45, 7) is 2.45. The lowest BCUT2D eigenvalue weighted by atomic mass is 10.1. The summed E-state index contributed by atoms with van der Waals surface area (Å²) < 4.78 is 1.83. The van der Waals surface area contributed by atoms with Gasteiger partial charge in [0.1, 0.15) is 0 Å². The van der Waals surface area contributed by atoms with Crippen molar-refractivity contribution < 1.29 is 0 Å². The monoisotopic (exact) mass is 238 g/mol. The van der Waals surface area contributed by atoms with Crippen molar-refractivity contribution in [3.05, 3.63) is 54.0 Å². The van der Waals surface area contributed by atoms with E-state index < -0.39 is 0 Å². The SMILES string of the molecule is Cc1nn2c(CN)ccnc2c1-c1ccccc1. The highest BCUT2D eigenvalue weighted by atomic mass is 15.3. The predicted octanol–water partition coefficient (Wildman–Crippen LogP) is 2.16. The lowest BCUT2D eigenvalue weighted by Gasteiger charge is -2.02. The summed E-state index contributed by atoms with van der Waals surface area (Å²) in [5.74, 6) is 0. The maximum Gasteiger partial charge on any atom is 0.163 e. The molecule has 4 heteroatoms. The van der Waals surface area contributed by atoms with E-state index in [0.717, 1.165) is 28.2 Å². The van der Waals surface area contributed by atoms with E-state index in [9.17, 15) is 0 Å². The molecule has 3 rings (SSSR count). The van der Waals surface area contributed by atoms with Crippen molar-refractivity contribution in [3.63, 3.8) is 0 Å². The van der Waals surface area contributed by atoms with Crippen molar-refractivity contribution in [2.45, 2.75) is 13.5 Å². The van der Waals surface area contributed by atoms with Gasteiger partial charge in [-0.3, -0.25) is 0 Å². The lowest BCUT2D eigenvalue weighted by Crippen LogP contribution is -2.05. The number of fused-ring (bicyclic) bond motifs is 1. The molecule has 2 N–H and O–H groups in total. The van der Waals surface area contributed by atoms with Gasteiger partial charge in [0.05, 0.1) is 11.4 Å². The first kappa shape index (κ1) is 10.9. The minimum absolute atomic E-state index is 0.453. The van der Waals surface area contributed by atoms with E-state index in [-0.39, 0.29) is 0 Å². The molecule has 1 aromatic carbocycles. The van der Waals surface area contributed by atoms with E-state index in [4.69, 9.17) is 5.73 Å². The second kappa shape index (κ2) is 4.23. The van der Waals surface area contributed by atoms with Crippen molar-refractivity contribution in [2.24, 2.45) is 5.73 Å². The van der Waals surface area contributed by atoms with Gasteiger partial charge < -0.3 is 5.73 Å². The van der Waals surface area contributed by atoms with E-state index in [1.807, 2.05) is 35.7 Å². The first-order valence-electron chi connectivity index (χ1n) is 5.90. The Morgan fingerprint density at radius 1 is 1.17 bits per heavy atom. The number of rotatable bonds is 2. The Hall–Kier alpha value is -2.20. The number of benzene rings is 1. The van der Waals surface area contributed by atoms with Crippen LogP contribution in [0, 0.1) is 6.92 Å². The van der Waals surface area contributed by atoms with Crippen molar-refractivity contribution in [1.82, 2.24) is 14.6 Å². The van der Waals surface area contributed by atoms with Gasteiger partial charge in [-0.25, -0.2) is 9.50 Å². The summed E-state index contributed by atoms with van der Waals surface area (Å²) in [4.78, 5) is 4.43. The van der Waals surface area contributed by atoms with Gasteiger partial charge in [-0.2, -0.15) is 5.10 Å². The molecule has 4 nitrogen and oxygen atoms in total. The zero-order valence-electron chi connectivity index (χ0n) is 10.2. The van der Waals surface area contributed by atoms with Gasteiger partial charge >= 0.3 is 0 Å². The molecule has 0 saturated heterocycles. The Morgan fingerprint density at radius 3 is 2.67 bits per heavy atom. The Labute approximate surface area is 105 Å². The molecule has 90 valence electrons. The number of hydrogen-bond donors (Lipinski definition) is 1. The van der Waals surface area contributed by atoms with Gasteiger partial charge in [-0.05, 0) is 18.6 Å². The van der Waals surface area contributed by atoms with Gasteiger partial charge in [-0.1, -0.05) is 30.3 Å². The van der Waals surface area contributed by atoms with E-state index in [1.165, 1.54) is 0 Å². The zero-order chi connectivity index (χ0) is 12.5. The third kappa shape index (κ3) is 1.58. The summed E-state index contributed by atoms with van der Waals surface area (Å²) in [6.07, 6.45) is 1.78. The van der Waals surface area contributed by atoms with E-state index in [1.54, 1.807) is 6.20 Å². The highest BCUT2D eigenvalue weighted by Gasteiger charge is 2.13. The predicted molar refractivity (Wildman–Crippen MR) is 71.1 cm³/mol. The molecule has 0 aliphatic heterocycles. The summed E-state index contributed by atoms with van der Waals surface area (Å²) >= 11 is 0. The van der Waals surface area contributed by atoms with Crippen LogP contribution in [0.2, 0.25) is 0 Å². The molecule has 0 aliphatic carbocycles. The smallest absolute Gasteiger partial charge is 0.163 e. The van der Waals surface area contributed by atoms with Crippen molar-refractivity contribution in [2.75, 3.05) is 0 Å². The molecule has 0 radical (unpaired) electrons. The van der Waals surface area contributed by atoms with Crippen LogP contribution in [0.25, 0.3) is 16.8 Å². The zero-order valence-corrected chi connectivity index (χ0v) is 10.2. The fourth-order valence-electron chi connectivity index (χ4n) is 2.20. The molecule has 0 aliphatic rings. The molecule has 0 amide bonds. The Kier molecular flexibility index (Phi) is 2.57. The first-order valence-corrected chi connectivity index (χ1v) is 5.90. The van der Waals surface area contributed by atoms with Crippen LogP contribution >= 0.6 is 0 Å². The largest absolute Gasteiger partial charge is 0.325 e. The van der Waals surface area contributed by atoms with E-state index in [0.29, 0.717) is 6.54 Å². The molecule has 0 bridgehead atoms. The van der Waals surface area contributed by atoms with Crippen LogP contribution in [0.4, 0.5) is 0 Å². The van der Waals surface area contributed by atoms with E-state index >= 15 is 0 Å². The van der Waals surface area contributed by atoms with Crippen LogP contribution in [0.3, 0.4) is 0 Å². The number of aryl methyl sites for hydroxylation is 1. The molecule has 0 saturated carbocycles. The van der Waals surface area contributed by atoms with Crippen molar-refractivity contribution in [3.8, 4) is 11.1 Å².